The Balaban J connectivity index is 2.19. The van der Waals surface area contributed by atoms with Gasteiger partial charge in [0.05, 0.1) is 0 Å². The van der Waals surface area contributed by atoms with Gasteiger partial charge in [-0.15, -0.1) is 0 Å². The molecule has 1 nitrogen and oxygen atoms in total. The first-order valence-corrected chi connectivity index (χ1v) is 6.59. The highest BCUT2D eigenvalue weighted by molar-refractivity contribution is 6.01. The van der Waals surface area contributed by atoms with Crippen molar-refractivity contribution in [1.82, 2.24) is 0 Å². The van der Waals surface area contributed by atoms with Crippen molar-refractivity contribution < 1.29 is 4.79 Å². The number of hydrogen-bond donors (Lipinski definition) is 0. The molecule has 1 atom stereocenters. The molecule has 2 rings (SSSR count). The van der Waals surface area contributed by atoms with Gasteiger partial charge in [-0.3, -0.25) is 4.79 Å². The minimum absolute atomic E-state index is 0.0103. The van der Waals surface area contributed by atoms with Gasteiger partial charge in [0.15, 0.2) is 5.78 Å². The van der Waals surface area contributed by atoms with Crippen LogP contribution in [0.15, 0.2) is 47.6 Å². The molecule has 0 saturated carbocycles. The summed E-state index contributed by atoms with van der Waals surface area (Å²) >= 11 is 0. The number of ketones is 1. The van der Waals surface area contributed by atoms with Gasteiger partial charge in [-0.1, -0.05) is 54.5 Å². The van der Waals surface area contributed by atoms with E-state index in [4.69, 9.17) is 0 Å². The number of allylic oxidation sites excluding steroid dienone is 4. The van der Waals surface area contributed by atoms with Gasteiger partial charge in [0.25, 0.3) is 0 Å². The number of rotatable bonds is 4. The van der Waals surface area contributed by atoms with E-state index in [1.807, 2.05) is 6.08 Å². The zero-order valence-corrected chi connectivity index (χ0v) is 11.4. The molecule has 1 aliphatic carbocycles. The van der Waals surface area contributed by atoms with Crippen LogP contribution in [0.4, 0.5) is 0 Å². The van der Waals surface area contributed by atoms with Crippen molar-refractivity contribution in [2.45, 2.75) is 39.5 Å². The average Bonchev–Trinajstić information content (AvgIpc) is 2.79. The molecule has 0 saturated heterocycles. The quantitative estimate of drug-likeness (QED) is 0.765. The molecule has 0 aromatic heterocycles. The second-order valence-electron chi connectivity index (χ2n) is 5.12. The van der Waals surface area contributed by atoms with Crippen LogP contribution < -0.4 is 0 Å². The normalized spacial score (nSPS) is 16.2. The predicted molar refractivity (Wildman–Crippen MR) is 75.7 cm³/mol. The topological polar surface area (TPSA) is 17.1 Å². The van der Waals surface area contributed by atoms with Crippen molar-refractivity contribution in [2.75, 3.05) is 0 Å². The molecule has 0 heterocycles. The van der Waals surface area contributed by atoms with Crippen molar-refractivity contribution in [2.24, 2.45) is 0 Å². The summed E-state index contributed by atoms with van der Waals surface area (Å²) < 4.78 is 0. The summed E-state index contributed by atoms with van der Waals surface area (Å²) in [5.74, 6) is 0.297. The van der Waals surface area contributed by atoms with Crippen LogP contribution in [0.25, 0.3) is 0 Å². The molecule has 1 aromatic rings. The van der Waals surface area contributed by atoms with E-state index in [0.717, 1.165) is 24.0 Å². The fourth-order valence-corrected chi connectivity index (χ4v) is 2.43. The molecule has 1 aliphatic rings. The Labute approximate surface area is 109 Å². The van der Waals surface area contributed by atoms with Gasteiger partial charge in [0, 0.05) is 5.92 Å². The second kappa shape index (κ2) is 5.34. The maximum absolute atomic E-state index is 12.5. The Morgan fingerprint density at radius 1 is 1.17 bits per heavy atom. The molecule has 1 aromatic carbocycles. The molecule has 0 N–H and O–H groups in total. The van der Waals surface area contributed by atoms with Gasteiger partial charge < -0.3 is 0 Å². The van der Waals surface area contributed by atoms with Crippen molar-refractivity contribution in [1.29, 1.82) is 0 Å². The third kappa shape index (κ3) is 2.61. The Hall–Kier alpha value is -1.63. The molecule has 0 fully saturated rings. The van der Waals surface area contributed by atoms with E-state index in [2.05, 4.69) is 51.1 Å². The molecule has 0 radical (unpaired) electrons. The molecule has 0 bridgehead atoms. The predicted octanol–water partition coefficient (Wildman–Crippen LogP) is 4.33. The largest absolute Gasteiger partial charge is 0.294 e. The summed E-state index contributed by atoms with van der Waals surface area (Å²) in [6, 6.07) is 8.32. The van der Waals surface area contributed by atoms with Crippen molar-refractivity contribution >= 4 is 5.78 Å². The van der Waals surface area contributed by atoms with Gasteiger partial charge in [0.2, 0.25) is 0 Å². The fourth-order valence-electron chi connectivity index (χ4n) is 2.43. The lowest BCUT2D eigenvalue weighted by Crippen LogP contribution is -2.13. The van der Waals surface area contributed by atoms with Crippen LogP contribution in [0.3, 0.4) is 0 Å². The summed E-state index contributed by atoms with van der Waals surface area (Å²) in [5, 5.41) is 0. The molecule has 0 amide bonds. The number of Topliss-reactive ketones (excluding diaryl/α,β-unsaturated/α-hetero) is 1. The first-order chi connectivity index (χ1) is 8.61. The summed E-state index contributed by atoms with van der Waals surface area (Å²) in [7, 11) is 0. The lowest BCUT2D eigenvalue weighted by Gasteiger charge is -2.15. The summed E-state index contributed by atoms with van der Waals surface area (Å²) in [6.07, 6.45) is 5.71. The highest BCUT2D eigenvalue weighted by Crippen LogP contribution is 2.29. The molecule has 0 aliphatic heterocycles. The summed E-state index contributed by atoms with van der Waals surface area (Å²) in [4.78, 5) is 12.5. The molecular weight excluding hydrogens is 220 g/mol. The highest BCUT2D eigenvalue weighted by atomic mass is 16.1. The first kappa shape index (κ1) is 12.8. The Morgan fingerprint density at radius 3 is 2.33 bits per heavy atom. The van der Waals surface area contributed by atoms with Gasteiger partial charge in [-0.2, -0.15) is 0 Å². The van der Waals surface area contributed by atoms with Gasteiger partial charge in [-0.05, 0) is 37.8 Å². The van der Waals surface area contributed by atoms with E-state index in [1.54, 1.807) is 0 Å². The Morgan fingerprint density at radius 2 is 1.83 bits per heavy atom. The number of benzene rings is 1. The van der Waals surface area contributed by atoms with Gasteiger partial charge >= 0.3 is 0 Å². The van der Waals surface area contributed by atoms with Crippen molar-refractivity contribution in [3.05, 3.63) is 58.7 Å². The van der Waals surface area contributed by atoms with E-state index < -0.39 is 0 Å². The smallest absolute Gasteiger partial charge is 0.166 e. The Kier molecular flexibility index (Phi) is 3.81. The SMILES string of the molecule is CCC(C(=O)C1=CC=C(C)C1)c1ccc(C)cc1. The van der Waals surface area contributed by atoms with Crippen LogP contribution in [0.2, 0.25) is 0 Å². The van der Waals surface area contributed by atoms with E-state index in [9.17, 15) is 4.79 Å². The third-order valence-corrected chi connectivity index (χ3v) is 3.56. The van der Waals surface area contributed by atoms with E-state index in [0.29, 0.717) is 0 Å². The number of hydrogen-bond acceptors (Lipinski definition) is 1. The highest BCUT2D eigenvalue weighted by Gasteiger charge is 2.23. The standard InChI is InChI=1S/C17H20O/c1-4-16(14-8-5-12(2)6-9-14)17(18)15-10-7-13(3)11-15/h5-10,16H,4,11H2,1-3H3. The monoisotopic (exact) mass is 240 g/mol. The van der Waals surface area contributed by atoms with Gasteiger partial charge in [-0.25, -0.2) is 0 Å². The van der Waals surface area contributed by atoms with Crippen molar-refractivity contribution in [3.63, 3.8) is 0 Å². The van der Waals surface area contributed by atoms with Crippen LogP contribution in [0.1, 0.15) is 43.7 Å². The fraction of sp³-hybridized carbons (Fsp3) is 0.353. The maximum atomic E-state index is 12.5. The zero-order chi connectivity index (χ0) is 13.1. The molecular formula is C17H20O. The molecule has 1 unspecified atom stereocenters. The Bertz CT molecular complexity index is 503. The second-order valence-corrected chi connectivity index (χ2v) is 5.12. The van der Waals surface area contributed by atoms with Crippen LogP contribution in [-0.2, 0) is 4.79 Å². The average molecular weight is 240 g/mol. The molecule has 94 valence electrons. The lowest BCUT2D eigenvalue weighted by atomic mass is 9.87. The first-order valence-electron chi connectivity index (χ1n) is 6.59. The maximum Gasteiger partial charge on any atom is 0.166 e. The molecule has 18 heavy (non-hydrogen) atoms. The van der Waals surface area contributed by atoms with Crippen LogP contribution >= 0.6 is 0 Å². The number of aryl methyl sites for hydroxylation is 1. The van der Waals surface area contributed by atoms with E-state index in [-0.39, 0.29) is 11.7 Å². The third-order valence-electron chi connectivity index (χ3n) is 3.56. The van der Waals surface area contributed by atoms with Crippen LogP contribution in [-0.4, -0.2) is 5.78 Å². The molecule has 1 heteroatoms. The number of carbonyl (C=O) groups is 1. The summed E-state index contributed by atoms with van der Waals surface area (Å²) in [5.41, 5.74) is 4.61. The zero-order valence-electron chi connectivity index (χ0n) is 11.4. The number of carbonyl (C=O) groups excluding carboxylic acids is 1. The summed E-state index contributed by atoms with van der Waals surface area (Å²) in [6.45, 7) is 6.22. The minimum atomic E-state index is 0.0103. The van der Waals surface area contributed by atoms with Crippen LogP contribution in [0, 0.1) is 6.92 Å². The van der Waals surface area contributed by atoms with Crippen molar-refractivity contribution in [3.8, 4) is 0 Å². The van der Waals surface area contributed by atoms with E-state index in [1.165, 1.54) is 11.1 Å². The van der Waals surface area contributed by atoms with Gasteiger partial charge in [0.1, 0.15) is 0 Å². The van der Waals surface area contributed by atoms with Crippen LogP contribution in [0.5, 0.6) is 0 Å². The minimum Gasteiger partial charge on any atom is -0.294 e. The molecule has 0 spiro atoms. The lowest BCUT2D eigenvalue weighted by molar-refractivity contribution is -0.117. The van der Waals surface area contributed by atoms with E-state index >= 15 is 0 Å².